The summed E-state index contributed by atoms with van der Waals surface area (Å²) in [7, 11) is 0. The van der Waals surface area contributed by atoms with Gasteiger partial charge < -0.3 is 34.9 Å². The molecule has 0 radical (unpaired) electrons. The van der Waals surface area contributed by atoms with Crippen molar-refractivity contribution in [1.29, 1.82) is 0 Å². The van der Waals surface area contributed by atoms with E-state index in [2.05, 4.69) is 0 Å². The minimum atomic E-state index is -1.15. The molecule has 5 N–H and O–H groups in total. The predicted molar refractivity (Wildman–Crippen MR) is 119 cm³/mol. The summed E-state index contributed by atoms with van der Waals surface area (Å²) in [4.78, 5) is 47.4. The number of hydrogen-bond acceptors (Lipinski definition) is 9. The van der Waals surface area contributed by atoms with Gasteiger partial charge in [-0.2, -0.15) is 0 Å². The lowest BCUT2D eigenvalue weighted by molar-refractivity contribution is 0.0636. The first-order chi connectivity index (χ1) is 16.2. The summed E-state index contributed by atoms with van der Waals surface area (Å²) in [5.41, 5.74) is 9.45. The summed E-state index contributed by atoms with van der Waals surface area (Å²) in [5, 5.41) is 10.5. The van der Waals surface area contributed by atoms with Crippen LogP contribution < -0.4 is 31.8 Å². The number of carbonyl (C=O) groups excluding carboxylic acids is 2. The highest BCUT2D eigenvalue weighted by Gasteiger charge is 2.16. The number of fused-ring (bicyclic) bond motifs is 2. The van der Waals surface area contributed by atoms with Crippen molar-refractivity contribution in [3.8, 4) is 11.5 Å². The molecule has 4 rings (SSSR count). The molecule has 0 saturated heterocycles. The van der Waals surface area contributed by atoms with Crippen molar-refractivity contribution in [2.24, 2.45) is 11.5 Å². The molecule has 11 nitrogen and oxygen atoms in total. The Kier molecular flexibility index (Phi) is 6.02. The molecule has 2 heterocycles. The summed E-state index contributed by atoms with van der Waals surface area (Å²) in [6.45, 7) is -0.525. The van der Waals surface area contributed by atoms with Crippen LogP contribution in [0.4, 0.5) is 0 Å². The Balaban J connectivity index is 1.49. The van der Waals surface area contributed by atoms with Crippen LogP contribution in [0.25, 0.3) is 21.9 Å². The fraction of sp³-hybridized carbons (Fsp3) is 0.130. The number of benzene rings is 2. The van der Waals surface area contributed by atoms with Crippen molar-refractivity contribution in [3.05, 3.63) is 80.5 Å². The number of aliphatic hydroxyl groups is 1. The van der Waals surface area contributed by atoms with Gasteiger partial charge in [-0.05, 0) is 24.3 Å². The lowest BCUT2D eigenvalue weighted by Gasteiger charge is -2.15. The van der Waals surface area contributed by atoms with Gasteiger partial charge in [0.2, 0.25) is 0 Å². The normalized spacial score (nSPS) is 11.1. The van der Waals surface area contributed by atoms with Crippen LogP contribution in [-0.2, 0) is 0 Å². The van der Waals surface area contributed by atoms with Gasteiger partial charge in [0.25, 0.3) is 11.8 Å². The Morgan fingerprint density at radius 1 is 0.794 bits per heavy atom. The van der Waals surface area contributed by atoms with E-state index in [1.807, 2.05) is 0 Å². The van der Waals surface area contributed by atoms with Gasteiger partial charge in [0.15, 0.2) is 22.4 Å². The Bertz CT molecular complexity index is 1420. The van der Waals surface area contributed by atoms with Crippen molar-refractivity contribution >= 4 is 33.8 Å². The minimum Gasteiger partial charge on any atom is -0.490 e. The topological polar surface area (TPSA) is 185 Å². The van der Waals surface area contributed by atoms with E-state index in [1.54, 1.807) is 12.1 Å². The number of rotatable bonds is 8. The number of hydrogen-bond donors (Lipinski definition) is 3. The van der Waals surface area contributed by atoms with Crippen LogP contribution in [0.3, 0.4) is 0 Å². The molecular formula is C23H18N2O9. The van der Waals surface area contributed by atoms with Crippen molar-refractivity contribution < 1.29 is 33.0 Å². The van der Waals surface area contributed by atoms with E-state index < -0.39 is 28.8 Å². The van der Waals surface area contributed by atoms with Gasteiger partial charge in [0, 0.05) is 12.1 Å². The maximum Gasteiger partial charge on any atom is 0.284 e. The van der Waals surface area contributed by atoms with E-state index in [4.69, 9.17) is 29.8 Å². The van der Waals surface area contributed by atoms with Crippen molar-refractivity contribution in [2.75, 3.05) is 13.2 Å². The molecule has 2 aromatic heterocycles. The van der Waals surface area contributed by atoms with Crippen LogP contribution in [0.2, 0.25) is 0 Å². The summed E-state index contributed by atoms with van der Waals surface area (Å²) in [5.74, 6) is -2.08. The molecule has 0 saturated carbocycles. The second kappa shape index (κ2) is 9.08. The van der Waals surface area contributed by atoms with E-state index in [0.717, 1.165) is 12.1 Å². The first kappa shape index (κ1) is 22.6. The zero-order chi connectivity index (χ0) is 24.4. The van der Waals surface area contributed by atoms with Gasteiger partial charge >= 0.3 is 0 Å². The molecule has 0 fully saturated rings. The molecule has 11 heteroatoms. The highest BCUT2D eigenvalue weighted by molar-refractivity contribution is 5.93. The van der Waals surface area contributed by atoms with Crippen LogP contribution in [0.5, 0.6) is 11.5 Å². The number of amides is 2. The minimum absolute atomic E-state index is 0.0811. The SMILES string of the molecule is NC(=O)c1cc(=O)c2c(OCC(O)COc3cccc4oc(C(N)=O)cc(=O)c34)cccc2o1. The van der Waals surface area contributed by atoms with Gasteiger partial charge in [-0.25, -0.2) is 0 Å². The fourth-order valence-electron chi connectivity index (χ4n) is 3.26. The first-order valence-corrected chi connectivity index (χ1v) is 9.91. The highest BCUT2D eigenvalue weighted by Crippen LogP contribution is 2.25. The predicted octanol–water partition coefficient (Wildman–Crippen LogP) is 0.916. The Hall–Kier alpha value is -4.64. The molecule has 0 aliphatic rings. The number of primary amides is 2. The Morgan fingerprint density at radius 2 is 1.21 bits per heavy atom. The van der Waals surface area contributed by atoms with Crippen molar-refractivity contribution in [3.63, 3.8) is 0 Å². The summed E-state index contributed by atoms with van der Waals surface area (Å²) in [6.07, 6.45) is -1.15. The second-order valence-electron chi connectivity index (χ2n) is 7.21. The summed E-state index contributed by atoms with van der Waals surface area (Å²) < 4.78 is 21.8. The van der Waals surface area contributed by atoms with Crippen LogP contribution >= 0.6 is 0 Å². The van der Waals surface area contributed by atoms with Gasteiger partial charge in [-0.3, -0.25) is 19.2 Å². The average molecular weight is 466 g/mol. The van der Waals surface area contributed by atoms with Crippen LogP contribution in [0, 0.1) is 0 Å². The summed E-state index contributed by atoms with van der Waals surface area (Å²) >= 11 is 0. The van der Waals surface area contributed by atoms with E-state index >= 15 is 0 Å². The number of aliphatic hydroxyl groups excluding tert-OH is 1. The molecule has 0 unspecified atom stereocenters. The second-order valence-corrected chi connectivity index (χ2v) is 7.21. The van der Waals surface area contributed by atoms with Crippen LogP contribution in [0.1, 0.15) is 21.1 Å². The molecule has 4 aromatic rings. The molecule has 0 bridgehead atoms. The standard InChI is InChI=1S/C23H18N2O9/c24-22(29)18-7-12(27)20-14(3-1-5-16(20)33-18)31-9-11(26)10-32-15-4-2-6-17-21(15)13(28)8-19(34-17)23(25)30/h1-8,11,26H,9-10H2,(H2,24,29)(H2,25,30). The number of ether oxygens (including phenoxy) is 2. The maximum atomic E-state index is 12.4. The van der Waals surface area contributed by atoms with E-state index in [-0.39, 0.29) is 58.2 Å². The zero-order valence-electron chi connectivity index (χ0n) is 17.5. The molecule has 2 amide bonds. The lowest BCUT2D eigenvalue weighted by atomic mass is 10.2. The third-order valence-electron chi connectivity index (χ3n) is 4.78. The lowest BCUT2D eigenvalue weighted by Crippen LogP contribution is -2.25. The molecule has 0 atom stereocenters. The van der Waals surface area contributed by atoms with Crippen LogP contribution in [0.15, 0.2) is 67.0 Å². The molecule has 0 aliphatic carbocycles. The molecular weight excluding hydrogens is 448 g/mol. The Morgan fingerprint density at radius 3 is 1.59 bits per heavy atom. The first-order valence-electron chi connectivity index (χ1n) is 9.91. The fourth-order valence-corrected chi connectivity index (χ4v) is 3.26. The van der Waals surface area contributed by atoms with Gasteiger partial charge in [0.1, 0.15) is 52.8 Å². The quantitative estimate of drug-likeness (QED) is 0.339. The summed E-state index contributed by atoms with van der Waals surface area (Å²) in [6, 6.07) is 11.0. The monoisotopic (exact) mass is 466 g/mol. The van der Waals surface area contributed by atoms with E-state index in [0.29, 0.717) is 0 Å². The third kappa shape index (κ3) is 4.45. The van der Waals surface area contributed by atoms with Gasteiger partial charge in [-0.1, -0.05) is 12.1 Å². The van der Waals surface area contributed by atoms with E-state index in [1.165, 1.54) is 24.3 Å². The van der Waals surface area contributed by atoms with Crippen molar-refractivity contribution in [1.82, 2.24) is 0 Å². The molecule has 0 spiro atoms. The van der Waals surface area contributed by atoms with Crippen molar-refractivity contribution in [2.45, 2.75) is 6.10 Å². The molecule has 2 aromatic carbocycles. The highest BCUT2D eigenvalue weighted by atomic mass is 16.5. The zero-order valence-corrected chi connectivity index (χ0v) is 17.5. The van der Waals surface area contributed by atoms with Gasteiger partial charge in [-0.15, -0.1) is 0 Å². The molecule has 174 valence electrons. The maximum absolute atomic E-state index is 12.4. The molecule has 0 aliphatic heterocycles. The largest absolute Gasteiger partial charge is 0.490 e. The van der Waals surface area contributed by atoms with E-state index in [9.17, 15) is 24.3 Å². The third-order valence-corrected chi connectivity index (χ3v) is 4.78. The average Bonchev–Trinajstić information content (AvgIpc) is 2.80. The Labute approximate surface area is 190 Å². The van der Waals surface area contributed by atoms with Gasteiger partial charge in [0.05, 0.1) is 0 Å². The number of nitrogens with two attached hydrogens (primary N) is 2. The smallest absolute Gasteiger partial charge is 0.284 e. The number of carbonyl (C=O) groups is 2. The van der Waals surface area contributed by atoms with Crippen LogP contribution in [-0.4, -0.2) is 36.2 Å². The molecule has 34 heavy (non-hydrogen) atoms.